The van der Waals surface area contributed by atoms with E-state index >= 15 is 0 Å². The van der Waals surface area contributed by atoms with E-state index in [4.69, 9.17) is 5.11 Å². The Morgan fingerprint density at radius 2 is 2.31 bits per heavy atom. The van der Waals surface area contributed by atoms with Gasteiger partial charge in [0, 0.05) is 38.0 Å². The molecule has 0 saturated carbocycles. The van der Waals surface area contributed by atoms with Crippen LogP contribution < -0.4 is 5.32 Å². The maximum atomic E-state index is 9.03. The number of aromatic nitrogens is 2. The third kappa shape index (κ3) is 3.94. The third-order valence-electron chi connectivity index (χ3n) is 2.70. The fraction of sp³-hybridized carbons (Fsp3) is 0.750. The minimum Gasteiger partial charge on any atom is -0.396 e. The molecule has 1 atom stereocenters. The molecule has 0 aliphatic carbocycles. The summed E-state index contributed by atoms with van der Waals surface area (Å²) in [6.45, 7) is 6.39. The summed E-state index contributed by atoms with van der Waals surface area (Å²) in [6.07, 6.45) is 6.71. The molecule has 2 N–H and O–H groups in total. The van der Waals surface area contributed by atoms with Crippen LogP contribution in [-0.4, -0.2) is 33.9 Å². The van der Waals surface area contributed by atoms with Gasteiger partial charge in [-0.1, -0.05) is 13.8 Å². The van der Waals surface area contributed by atoms with Gasteiger partial charge in [-0.15, -0.1) is 0 Å². The number of hydrogen-bond acceptors (Lipinski definition) is 3. The van der Waals surface area contributed by atoms with Gasteiger partial charge in [-0.3, -0.25) is 0 Å². The summed E-state index contributed by atoms with van der Waals surface area (Å²) in [4.78, 5) is 4.30. The molecule has 0 fully saturated rings. The highest BCUT2D eigenvalue weighted by Crippen LogP contribution is 2.03. The van der Waals surface area contributed by atoms with Crippen molar-refractivity contribution in [3.8, 4) is 0 Å². The van der Waals surface area contributed by atoms with Gasteiger partial charge in [0.2, 0.25) is 0 Å². The molecule has 0 aromatic carbocycles. The molecule has 4 nitrogen and oxygen atoms in total. The summed E-state index contributed by atoms with van der Waals surface area (Å²) in [5, 5.41) is 12.5. The first-order chi connectivity index (χ1) is 7.81. The Morgan fingerprint density at radius 1 is 1.50 bits per heavy atom. The number of rotatable bonds is 8. The van der Waals surface area contributed by atoms with Crippen LogP contribution in [0.3, 0.4) is 0 Å². The lowest BCUT2D eigenvalue weighted by molar-refractivity contribution is 0.256. The van der Waals surface area contributed by atoms with Crippen molar-refractivity contribution in [1.82, 2.24) is 14.9 Å². The van der Waals surface area contributed by atoms with Gasteiger partial charge in [-0.25, -0.2) is 4.98 Å². The Balaban J connectivity index is 2.52. The van der Waals surface area contributed by atoms with Crippen LogP contribution >= 0.6 is 0 Å². The zero-order chi connectivity index (χ0) is 11.8. The Labute approximate surface area is 97.7 Å². The summed E-state index contributed by atoms with van der Waals surface area (Å²) in [5.41, 5.74) is 0. The van der Waals surface area contributed by atoms with Gasteiger partial charge in [-0.2, -0.15) is 0 Å². The van der Waals surface area contributed by atoms with E-state index in [0.29, 0.717) is 6.04 Å². The van der Waals surface area contributed by atoms with E-state index in [1.165, 1.54) is 0 Å². The average Bonchev–Trinajstić information content (AvgIpc) is 2.73. The lowest BCUT2D eigenvalue weighted by Crippen LogP contribution is -2.35. The Kier molecular flexibility index (Phi) is 6.11. The van der Waals surface area contributed by atoms with Crippen molar-refractivity contribution in [3.05, 3.63) is 18.2 Å². The van der Waals surface area contributed by atoms with Crippen LogP contribution in [0.5, 0.6) is 0 Å². The van der Waals surface area contributed by atoms with Gasteiger partial charge < -0.3 is 15.0 Å². The summed E-state index contributed by atoms with van der Waals surface area (Å²) in [7, 11) is 0. The number of aliphatic hydroxyl groups excluding tert-OH is 1. The molecular weight excluding hydrogens is 202 g/mol. The number of hydrogen-bond donors (Lipinski definition) is 2. The minimum absolute atomic E-state index is 0.234. The molecule has 0 aliphatic rings. The molecule has 1 rings (SSSR count). The molecule has 92 valence electrons. The molecule has 0 amide bonds. The first-order valence-corrected chi connectivity index (χ1v) is 6.16. The summed E-state index contributed by atoms with van der Waals surface area (Å²) in [5.74, 6) is 1.11. The van der Waals surface area contributed by atoms with E-state index in [1.54, 1.807) is 0 Å². The van der Waals surface area contributed by atoms with Gasteiger partial charge in [0.15, 0.2) is 0 Å². The highest BCUT2D eigenvalue weighted by Gasteiger charge is 2.09. The van der Waals surface area contributed by atoms with E-state index < -0.39 is 0 Å². The van der Waals surface area contributed by atoms with Gasteiger partial charge in [-0.05, 0) is 19.4 Å². The van der Waals surface area contributed by atoms with Gasteiger partial charge in [0.05, 0.1) is 0 Å². The predicted octanol–water partition coefficient (Wildman–Crippen LogP) is 1.20. The topological polar surface area (TPSA) is 50.1 Å². The van der Waals surface area contributed by atoms with Gasteiger partial charge in [0.25, 0.3) is 0 Å². The van der Waals surface area contributed by atoms with E-state index in [0.717, 1.165) is 38.2 Å². The summed E-state index contributed by atoms with van der Waals surface area (Å²) < 4.78 is 2.17. The SMILES string of the molecule is CCCNC(CCO)Cn1ccnc1CC. The second-order valence-electron chi connectivity index (χ2n) is 4.01. The zero-order valence-electron chi connectivity index (χ0n) is 10.3. The molecule has 0 aliphatic heterocycles. The van der Waals surface area contributed by atoms with Crippen LogP contribution in [0.1, 0.15) is 32.5 Å². The quantitative estimate of drug-likeness (QED) is 0.699. The van der Waals surface area contributed by atoms with Crippen LogP contribution in [-0.2, 0) is 13.0 Å². The lowest BCUT2D eigenvalue weighted by atomic mass is 10.2. The Morgan fingerprint density at radius 3 is 2.94 bits per heavy atom. The highest BCUT2D eigenvalue weighted by molar-refractivity contribution is 4.92. The summed E-state index contributed by atoms with van der Waals surface area (Å²) >= 11 is 0. The van der Waals surface area contributed by atoms with Crippen LogP contribution in [0.2, 0.25) is 0 Å². The second kappa shape index (κ2) is 7.41. The Bertz CT molecular complexity index is 286. The first-order valence-electron chi connectivity index (χ1n) is 6.16. The van der Waals surface area contributed by atoms with E-state index in [9.17, 15) is 0 Å². The van der Waals surface area contributed by atoms with Crippen molar-refractivity contribution in [1.29, 1.82) is 0 Å². The maximum Gasteiger partial charge on any atom is 0.108 e. The Hall–Kier alpha value is -0.870. The largest absolute Gasteiger partial charge is 0.396 e. The zero-order valence-corrected chi connectivity index (χ0v) is 10.3. The van der Waals surface area contributed by atoms with Crippen molar-refractivity contribution in [2.45, 2.75) is 45.7 Å². The molecular formula is C12H23N3O. The summed E-state index contributed by atoms with van der Waals surface area (Å²) in [6, 6.07) is 0.337. The van der Waals surface area contributed by atoms with Gasteiger partial charge in [0.1, 0.15) is 5.82 Å². The predicted molar refractivity (Wildman–Crippen MR) is 65.4 cm³/mol. The van der Waals surface area contributed by atoms with Crippen LogP contribution in [0.25, 0.3) is 0 Å². The lowest BCUT2D eigenvalue weighted by Gasteiger charge is -2.19. The van der Waals surface area contributed by atoms with Crippen LogP contribution in [0, 0.1) is 0 Å². The van der Waals surface area contributed by atoms with Crippen molar-refractivity contribution < 1.29 is 5.11 Å². The molecule has 16 heavy (non-hydrogen) atoms. The molecule has 0 radical (unpaired) electrons. The molecule has 0 saturated heterocycles. The minimum atomic E-state index is 0.234. The van der Waals surface area contributed by atoms with Crippen molar-refractivity contribution >= 4 is 0 Å². The molecule has 0 bridgehead atoms. The monoisotopic (exact) mass is 225 g/mol. The number of imidazole rings is 1. The van der Waals surface area contributed by atoms with E-state index in [1.807, 2.05) is 12.4 Å². The standard InChI is InChI=1S/C12H23N3O/c1-3-6-13-11(5-9-16)10-15-8-7-14-12(15)4-2/h7-8,11,13,16H,3-6,9-10H2,1-2H3. The number of nitrogens with one attached hydrogen (secondary N) is 1. The average molecular weight is 225 g/mol. The smallest absolute Gasteiger partial charge is 0.108 e. The molecule has 4 heteroatoms. The second-order valence-corrected chi connectivity index (χ2v) is 4.01. The fourth-order valence-corrected chi connectivity index (χ4v) is 1.82. The van der Waals surface area contributed by atoms with Crippen molar-refractivity contribution in [2.75, 3.05) is 13.2 Å². The molecule has 1 unspecified atom stereocenters. The molecule has 1 heterocycles. The van der Waals surface area contributed by atoms with Crippen molar-refractivity contribution in [2.24, 2.45) is 0 Å². The molecule has 0 spiro atoms. The molecule has 1 aromatic rings. The molecule has 1 aromatic heterocycles. The number of aliphatic hydroxyl groups is 1. The van der Waals surface area contributed by atoms with Crippen molar-refractivity contribution in [3.63, 3.8) is 0 Å². The number of aryl methyl sites for hydroxylation is 1. The van der Waals surface area contributed by atoms with Crippen LogP contribution in [0.4, 0.5) is 0 Å². The number of nitrogens with zero attached hydrogens (tertiary/aromatic N) is 2. The fourth-order valence-electron chi connectivity index (χ4n) is 1.82. The maximum absolute atomic E-state index is 9.03. The first kappa shape index (κ1) is 13.2. The highest BCUT2D eigenvalue weighted by atomic mass is 16.3. The van der Waals surface area contributed by atoms with Crippen LogP contribution in [0.15, 0.2) is 12.4 Å². The normalized spacial score (nSPS) is 12.9. The van der Waals surface area contributed by atoms with E-state index in [-0.39, 0.29) is 6.61 Å². The van der Waals surface area contributed by atoms with E-state index in [2.05, 4.69) is 28.7 Å². The third-order valence-corrected chi connectivity index (χ3v) is 2.70. The van der Waals surface area contributed by atoms with Gasteiger partial charge >= 0.3 is 0 Å².